The molecule has 0 radical (unpaired) electrons. The Bertz CT molecular complexity index is 644. The van der Waals surface area contributed by atoms with Crippen LogP contribution in [0.5, 0.6) is 0 Å². The van der Waals surface area contributed by atoms with E-state index >= 15 is 0 Å². The van der Waals surface area contributed by atoms with Gasteiger partial charge in [-0.2, -0.15) is 0 Å². The van der Waals surface area contributed by atoms with E-state index in [2.05, 4.69) is 9.59 Å². The molecule has 7 nitrogen and oxygen atoms in total. The first-order valence-corrected chi connectivity index (χ1v) is 10.1. The smallest absolute Gasteiger partial charge is 0.251 e. The van der Waals surface area contributed by atoms with Crippen molar-refractivity contribution in [3.63, 3.8) is 0 Å². The summed E-state index contributed by atoms with van der Waals surface area (Å²) in [5.41, 5.74) is 0.566. The van der Waals surface area contributed by atoms with Gasteiger partial charge in [0.1, 0.15) is 6.10 Å². The molecule has 22 heavy (non-hydrogen) atoms. The van der Waals surface area contributed by atoms with Gasteiger partial charge in [-0.25, -0.2) is 8.42 Å². The van der Waals surface area contributed by atoms with Crippen LogP contribution < -0.4 is 0 Å². The summed E-state index contributed by atoms with van der Waals surface area (Å²) in [5.74, 6) is 0.118. The highest BCUT2D eigenvalue weighted by Crippen LogP contribution is 2.33. The molecule has 1 unspecified atom stereocenters. The number of likely N-dealkylation sites (tertiary alicyclic amines) is 1. The first kappa shape index (κ1) is 15.8. The van der Waals surface area contributed by atoms with Crippen LogP contribution in [0.15, 0.2) is 4.21 Å². The van der Waals surface area contributed by atoms with E-state index in [0.29, 0.717) is 38.2 Å². The molecule has 2 aliphatic heterocycles. The van der Waals surface area contributed by atoms with E-state index in [1.54, 1.807) is 0 Å². The summed E-state index contributed by atoms with van der Waals surface area (Å²) in [6, 6.07) is 0. The van der Waals surface area contributed by atoms with Crippen molar-refractivity contribution in [2.45, 2.75) is 41.9 Å². The van der Waals surface area contributed by atoms with E-state index in [1.165, 1.54) is 6.26 Å². The maximum atomic E-state index is 12.3. The van der Waals surface area contributed by atoms with Gasteiger partial charge in [-0.15, -0.1) is 5.10 Å². The van der Waals surface area contributed by atoms with Crippen LogP contribution in [0.1, 0.15) is 37.3 Å². The molecule has 0 N–H and O–H groups in total. The average molecular weight is 345 g/mol. The predicted molar refractivity (Wildman–Crippen MR) is 80.5 cm³/mol. The number of hydrogen-bond donors (Lipinski definition) is 0. The number of ether oxygens (including phenoxy) is 1. The van der Waals surface area contributed by atoms with Gasteiger partial charge < -0.3 is 9.64 Å². The highest BCUT2D eigenvalue weighted by molar-refractivity contribution is 7.92. The predicted octanol–water partition coefficient (Wildman–Crippen LogP) is 0.827. The van der Waals surface area contributed by atoms with Crippen molar-refractivity contribution >= 4 is 27.3 Å². The van der Waals surface area contributed by atoms with Gasteiger partial charge in [0.15, 0.2) is 14.0 Å². The van der Waals surface area contributed by atoms with E-state index < -0.39 is 9.84 Å². The fourth-order valence-corrected chi connectivity index (χ4v) is 4.78. The maximum Gasteiger partial charge on any atom is 0.251 e. The molecule has 0 spiro atoms. The van der Waals surface area contributed by atoms with E-state index in [0.717, 1.165) is 24.4 Å². The minimum absolute atomic E-state index is 0.0528. The Morgan fingerprint density at radius 2 is 2.05 bits per heavy atom. The van der Waals surface area contributed by atoms with Crippen LogP contribution in [0.4, 0.5) is 0 Å². The van der Waals surface area contributed by atoms with E-state index in [-0.39, 0.29) is 22.1 Å². The first-order chi connectivity index (χ1) is 10.5. The van der Waals surface area contributed by atoms with E-state index in [1.807, 2.05) is 4.90 Å². The molecule has 1 amide bonds. The lowest BCUT2D eigenvalue weighted by atomic mass is 9.94. The molecular formula is C13H19N3O4S2. The Hall–Kier alpha value is -1.06. The summed E-state index contributed by atoms with van der Waals surface area (Å²) in [4.78, 5) is 14.1. The average Bonchev–Trinajstić information content (AvgIpc) is 3.17. The monoisotopic (exact) mass is 345 g/mol. The molecule has 1 atom stereocenters. The zero-order valence-corrected chi connectivity index (χ0v) is 14.0. The number of aromatic nitrogens is 2. The van der Waals surface area contributed by atoms with Gasteiger partial charge in [0.2, 0.25) is 0 Å². The molecule has 1 aromatic heterocycles. The molecule has 122 valence electrons. The molecular weight excluding hydrogens is 326 g/mol. The minimum atomic E-state index is -3.29. The Balaban J connectivity index is 1.65. The number of nitrogens with zero attached hydrogens (tertiary/aromatic N) is 3. The Kier molecular flexibility index (Phi) is 4.47. The number of amides is 1. The van der Waals surface area contributed by atoms with Crippen molar-refractivity contribution < 1.29 is 17.9 Å². The normalized spacial score (nSPS) is 23.9. The molecule has 1 aromatic rings. The third-order valence-electron chi connectivity index (χ3n) is 4.22. The second kappa shape index (κ2) is 6.21. The molecule has 0 aliphatic carbocycles. The van der Waals surface area contributed by atoms with Crippen molar-refractivity contribution in [2.24, 2.45) is 0 Å². The Morgan fingerprint density at radius 1 is 1.32 bits per heavy atom. The standard InChI is InChI=1S/C13H19N3O4S2/c1-22(18,19)13-11(14-15-21-13)9-4-6-16(7-5-9)12(17)10-3-2-8-20-10/h9-10H,2-8H2,1H3. The lowest BCUT2D eigenvalue weighted by molar-refractivity contribution is -0.142. The quantitative estimate of drug-likeness (QED) is 0.806. The molecule has 3 rings (SSSR count). The van der Waals surface area contributed by atoms with Crippen LogP contribution in [-0.4, -0.2) is 60.9 Å². The van der Waals surface area contributed by atoms with Gasteiger partial charge in [-0.05, 0) is 25.7 Å². The SMILES string of the molecule is CS(=O)(=O)c1snnc1C1CCN(C(=O)C2CCCO2)CC1. The second-order valence-corrected chi connectivity index (χ2v) is 8.78. The molecule has 3 heterocycles. The van der Waals surface area contributed by atoms with Gasteiger partial charge >= 0.3 is 0 Å². The minimum Gasteiger partial charge on any atom is -0.368 e. The summed E-state index contributed by atoms with van der Waals surface area (Å²) in [7, 11) is -3.29. The van der Waals surface area contributed by atoms with Crippen LogP contribution >= 0.6 is 11.5 Å². The van der Waals surface area contributed by atoms with E-state index in [9.17, 15) is 13.2 Å². The molecule has 0 bridgehead atoms. The zero-order valence-electron chi connectivity index (χ0n) is 12.4. The molecule has 9 heteroatoms. The number of hydrogen-bond acceptors (Lipinski definition) is 7. The van der Waals surface area contributed by atoms with Crippen LogP contribution in [0.25, 0.3) is 0 Å². The van der Waals surface area contributed by atoms with Crippen molar-refractivity contribution in [3.05, 3.63) is 5.69 Å². The molecule has 0 aromatic carbocycles. The van der Waals surface area contributed by atoms with Gasteiger partial charge in [-0.3, -0.25) is 4.79 Å². The summed E-state index contributed by atoms with van der Waals surface area (Å²) in [5, 5.41) is 4.01. The second-order valence-electron chi connectivity index (χ2n) is 5.82. The van der Waals surface area contributed by atoms with Crippen molar-refractivity contribution in [1.82, 2.24) is 14.5 Å². The summed E-state index contributed by atoms with van der Waals surface area (Å²) in [6.45, 7) is 1.89. The highest BCUT2D eigenvalue weighted by Gasteiger charge is 2.33. The maximum absolute atomic E-state index is 12.3. The zero-order chi connectivity index (χ0) is 15.7. The molecule has 0 saturated carbocycles. The highest BCUT2D eigenvalue weighted by atomic mass is 32.2. The van der Waals surface area contributed by atoms with Crippen LogP contribution in [0, 0.1) is 0 Å². The number of piperidine rings is 1. The lowest BCUT2D eigenvalue weighted by Crippen LogP contribution is -2.43. The van der Waals surface area contributed by atoms with Crippen molar-refractivity contribution in [2.75, 3.05) is 26.0 Å². The number of sulfone groups is 1. The molecule has 2 aliphatic rings. The van der Waals surface area contributed by atoms with Crippen molar-refractivity contribution in [3.8, 4) is 0 Å². The number of rotatable bonds is 3. The lowest BCUT2D eigenvalue weighted by Gasteiger charge is -2.32. The fourth-order valence-electron chi connectivity index (χ4n) is 3.04. The van der Waals surface area contributed by atoms with Crippen LogP contribution in [0.3, 0.4) is 0 Å². The topological polar surface area (TPSA) is 89.5 Å². The third kappa shape index (κ3) is 3.16. The molecule has 2 fully saturated rings. The van der Waals surface area contributed by atoms with E-state index in [4.69, 9.17) is 4.74 Å². The third-order valence-corrected chi connectivity index (χ3v) is 6.77. The largest absolute Gasteiger partial charge is 0.368 e. The van der Waals surface area contributed by atoms with Crippen molar-refractivity contribution in [1.29, 1.82) is 0 Å². The van der Waals surface area contributed by atoms with Crippen LogP contribution in [-0.2, 0) is 19.4 Å². The summed E-state index contributed by atoms with van der Waals surface area (Å²) < 4.78 is 33.0. The molecule has 2 saturated heterocycles. The summed E-state index contributed by atoms with van der Waals surface area (Å²) in [6.07, 6.45) is 4.06. The fraction of sp³-hybridized carbons (Fsp3) is 0.769. The van der Waals surface area contributed by atoms with Crippen LogP contribution in [0.2, 0.25) is 0 Å². The Labute approximate surface area is 133 Å². The van der Waals surface area contributed by atoms with Gasteiger partial charge in [0.05, 0.1) is 5.69 Å². The first-order valence-electron chi connectivity index (χ1n) is 7.39. The summed E-state index contributed by atoms with van der Waals surface area (Å²) >= 11 is 0.928. The van der Waals surface area contributed by atoms with Gasteiger partial charge in [-0.1, -0.05) is 4.49 Å². The Morgan fingerprint density at radius 3 is 2.64 bits per heavy atom. The van der Waals surface area contributed by atoms with Gasteiger partial charge in [0.25, 0.3) is 5.91 Å². The number of carbonyl (C=O) groups excluding carboxylic acids is 1. The van der Waals surface area contributed by atoms with Gasteiger partial charge in [0, 0.05) is 43.4 Å². The number of carbonyl (C=O) groups is 1.